The van der Waals surface area contributed by atoms with E-state index in [0.29, 0.717) is 0 Å². The summed E-state index contributed by atoms with van der Waals surface area (Å²) < 4.78 is 5.73. The number of hydrogen-bond acceptors (Lipinski definition) is 1. The number of hydrogen-bond donors (Lipinski definition) is 0. The monoisotopic (exact) mass is 236 g/mol. The summed E-state index contributed by atoms with van der Waals surface area (Å²) in [4.78, 5) is 0. The van der Waals surface area contributed by atoms with Gasteiger partial charge in [0.25, 0.3) is 0 Å². The van der Waals surface area contributed by atoms with Crippen molar-refractivity contribution in [2.24, 2.45) is 0 Å². The predicted molar refractivity (Wildman–Crippen MR) is 74.7 cm³/mol. The van der Waals surface area contributed by atoms with Gasteiger partial charge in [-0.05, 0) is 29.7 Å². The molecular formula is C17H16O. The van der Waals surface area contributed by atoms with Gasteiger partial charge in [0.1, 0.15) is 5.75 Å². The molecule has 0 N–H and O–H groups in total. The topological polar surface area (TPSA) is 9.23 Å². The maximum Gasteiger partial charge on any atom is 0.119 e. The van der Waals surface area contributed by atoms with Crippen LogP contribution in [0, 0.1) is 0 Å². The maximum atomic E-state index is 5.73. The molecular weight excluding hydrogens is 220 g/mol. The fourth-order valence-corrected chi connectivity index (χ4v) is 2.33. The first-order valence-corrected chi connectivity index (χ1v) is 6.37. The van der Waals surface area contributed by atoms with E-state index in [4.69, 9.17) is 4.74 Å². The molecule has 0 saturated heterocycles. The molecule has 3 rings (SSSR count). The molecule has 0 aliphatic heterocycles. The van der Waals surface area contributed by atoms with Gasteiger partial charge in [0.2, 0.25) is 0 Å². The molecule has 0 aromatic heterocycles. The zero-order chi connectivity index (χ0) is 12.2. The van der Waals surface area contributed by atoms with Crippen molar-refractivity contribution in [2.75, 3.05) is 6.61 Å². The van der Waals surface area contributed by atoms with Crippen LogP contribution in [0.4, 0.5) is 0 Å². The Bertz CT molecular complexity index is 555. The van der Waals surface area contributed by atoms with E-state index in [2.05, 4.69) is 30.3 Å². The summed E-state index contributed by atoms with van der Waals surface area (Å²) in [5, 5.41) is 0. The largest absolute Gasteiger partial charge is 0.493 e. The molecule has 0 spiro atoms. The van der Waals surface area contributed by atoms with Crippen molar-refractivity contribution in [3.63, 3.8) is 0 Å². The van der Waals surface area contributed by atoms with E-state index < -0.39 is 0 Å². The average Bonchev–Trinajstić information content (AvgIpc) is 2.82. The Balaban J connectivity index is 1.54. The molecule has 0 saturated carbocycles. The molecule has 0 heterocycles. The fraction of sp³-hybridized carbons (Fsp3) is 0.176. The summed E-state index contributed by atoms with van der Waals surface area (Å²) in [5.74, 6) is 0.952. The number of rotatable bonds is 4. The second-order valence-corrected chi connectivity index (χ2v) is 4.59. The van der Waals surface area contributed by atoms with Crippen molar-refractivity contribution in [2.45, 2.75) is 12.8 Å². The van der Waals surface area contributed by atoms with Crippen LogP contribution in [0.3, 0.4) is 0 Å². The SMILES string of the molecule is C1=C(CCOc2ccccc2)Cc2ccccc21. The molecule has 2 aromatic rings. The molecule has 1 nitrogen and oxygen atoms in total. The van der Waals surface area contributed by atoms with Crippen LogP contribution < -0.4 is 4.74 Å². The molecule has 0 fully saturated rings. The van der Waals surface area contributed by atoms with Crippen LogP contribution in [0.25, 0.3) is 6.08 Å². The van der Waals surface area contributed by atoms with Gasteiger partial charge in [-0.3, -0.25) is 0 Å². The van der Waals surface area contributed by atoms with Gasteiger partial charge >= 0.3 is 0 Å². The molecule has 90 valence electrons. The molecule has 1 aliphatic rings. The Hall–Kier alpha value is -2.02. The van der Waals surface area contributed by atoms with Crippen LogP contribution in [0.15, 0.2) is 60.2 Å². The van der Waals surface area contributed by atoms with Crippen LogP contribution in [0.5, 0.6) is 5.75 Å². The minimum Gasteiger partial charge on any atom is -0.493 e. The standard InChI is InChI=1S/C17H16O/c1-2-8-17(9-3-1)18-11-10-14-12-15-6-4-5-7-16(15)13-14/h1-9,12H,10-11,13H2. The lowest BCUT2D eigenvalue weighted by atomic mass is 10.1. The highest BCUT2D eigenvalue weighted by molar-refractivity contribution is 5.63. The van der Waals surface area contributed by atoms with Gasteiger partial charge < -0.3 is 4.74 Å². The number of ether oxygens (including phenoxy) is 1. The molecule has 2 aromatic carbocycles. The third-order valence-corrected chi connectivity index (χ3v) is 3.27. The van der Waals surface area contributed by atoms with Gasteiger partial charge in [0, 0.05) is 6.42 Å². The molecule has 18 heavy (non-hydrogen) atoms. The molecule has 0 unspecified atom stereocenters. The van der Waals surface area contributed by atoms with E-state index in [9.17, 15) is 0 Å². The number of fused-ring (bicyclic) bond motifs is 1. The van der Waals surface area contributed by atoms with E-state index in [1.165, 1.54) is 16.7 Å². The highest BCUT2D eigenvalue weighted by Crippen LogP contribution is 2.26. The highest BCUT2D eigenvalue weighted by Gasteiger charge is 2.11. The summed E-state index contributed by atoms with van der Waals surface area (Å²) in [6.45, 7) is 0.754. The molecule has 1 aliphatic carbocycles. The second-order valence-electron chi connectivity index (χ2n) is 4.59. The van der Waals surface area contributed by atoms with Crippen LogP contribution in [-0.2, 0) is 6.42 Å². The van der Waals surface area contributed by atoms with Crippen LogP contribution in [-0.4, -0.2) is 6.61 Å². The number of benzene rings is 2. The quantitative estimate of drug-likeness (QED) is 0.776. The smallest absolute Gasteiger partial charge is 0.119 e. The van der Waals surface area contributed by atoms with Crippen molar-refractivity contribution in [1.82, 2.24) is 0 Å². The van der Waals surface area contributed by atoms with Crippen molar-refractivity contribution in [3.05, 3.63) is 71.3 Å². The minimum absolute atomic E-state index is 0.754. The van der Waals surface area contributed by atoms with Gasteiger partial charge in [-0.1, -0.05) is 54.1 Å². The Morgan fingerprint density at radius 3 is 2.50 bits per heavy atom. The van der Waals surface area contributed by atoms with Gasteiger partial charge in [0.15, 0.2) is 0 Å². The summed E-state index contributed by atoms with van der Waals surface area (Å²) in [6, 6.07) is 18.6. The lowest BCUT2D eigenvalue weighted by Crippen LogP contribution is -1.99. The van der Waals surface area contributed by atoms with E-state index in [1.807, 2.05) is 30.3 Å². The first kappa shape index (κ1) is 11.1. The summed E-state index contributed by atoms with van der Waals surface area (Å²) in [7, 11) is 0. The number of para-hydroxylation sites is 1. The third-order valence-electron chi connectivity index (χ3n) is 3.27. The van der Waals surface area contributed by atoms with Crippen LogP contribution in [0.2, 0.25) is 0 Å². The Morgan fingerprint density at radius 1 is 0.889 bits per heavy atom. The lowest BCUT2D eigenvalue weighted by molar-refractivity contribution is 0.321. The zero-order valence-electron chi connectivity index (χ0n) is 10.3. The van der Waals surface area contributed by atoms with E-state index >= 15 is 0 Å². The summed E-state index contributed by atoms with van der Waals surface area (Å²) in [6.07, 6.45) is 4.38. The molecule has 0 bridgehead atoms. The first-order valence-electron chi connectivity index (χ1n) is 6.37. The maximum absolute atomic E-state index is 5.73. The molecule has 1 heteroatoms. The van der Waals surface area contributed by atoms with Gasteiger partial charge in [-0.2, -0.15) is 0 Å². The minimum atomic E-state index is 0.754. The van der Waals surface area contributed by atoms with Crippen molar-refractivity contribution < 1.29 is 4.74 Å². The van der Waals surface area contributed by atoms with Crippen molar-refractivity contribution >= 4 is 6.08 Å². The Labute approximate surface area is 108 Å². The Morgan fingerprint density at radius 2 is 1.67 bits per heavy atom. The molecule has 0 atom stereocenters. The van der Waals surface area contributed by atoms with Crippen LogP contribution >= 0.6 is 0 Å². The second kappa shape index (κ2) is 5.09. The van der Waals surface area contributed by atoms with Gasteiger partial charge in [-0.15, -0.1) is 0 Å². The molecule has 0 radical (unpaired) electrons. The van der Waals surface area contributed by atoms with E-state index in [0.717, 1.165) is 25.2 Å². The normalized spacial score (nSPS) is 13.0. The average molecular weight is 236 g/mol. The van der Waals surface area contributed by atoms with E-state index in [-0.39, 0.29) is 0 Å². The van der Waals surface area contributed by atoms with E-state index in [1.54, 1.807) is 0 Å². The first-order chi connectivity index (χ1) is 8.92. The molecule has 0 amide bonds. The van der Waals surface area contributed by atoms with Gasteiger partial charge in [0.05, 0.1) is 6.61 Å². The summed E-state index contributed by atoms with van der Waals surface area (Å²) in [5.41, 5.74) is 4.27. The lowest BCUT2D eigenvalue weighted by Gasteiger charge is -2.06. The zero-order valence-corrected chi connectivity index (χ0v) is 10.3. The Kier molecular flexibility index (Phi) is 3.14. The third kappa shape index (κ3) is 2.45. The van der Waals surface area contributed by atoms with Crippen molar-refractivity contribution in [3.8, 4) is 5.75 Å². The van der Waals surface area contributed by atoms with Crippen LogP contribution in [0.1, 0.15) is 17.5 Å². The summed E-state index contributed by atoms with van der Waals surface area (Å²) >= 11 is 0. The van der Waals surface area contributed by atoms with Crippen molar-refractivity contribution in [1.29, 1.82) is 0 Å². The van der Waals surface area contributed by atoms with Gasteiger partial charge in [-0.25, -0.2) is 0 Å². The predicted octanol–water partition coefficient (Wildman–Crippen LogP) is 4.10. The fourth-order valence-electron chi connectivity index (χ4n) is 2.33. The highest BCUT2D eigenvalue weighted by atomic mass is 16.5.